The molecule has 0 aromatic heterocycles. The highest BCUT2D eigenvalue weighted by atomic mass is 32.2. The van der Waals surface area contributed by atoms with Gasteiger partial charge >= 0.3 is 0 Å². The van der Waals surface area contributed by atoms with E-state index in [4.69, 9.17) is 9.47 Å². The number of thioether (sulfide) groups is 1. The number of hydrogen-bond donors (Lipinski definition) is 1. The summed E-state index contributed by atoms with van der Waals surface area (Å²) in [6, 6.07) is 0. The maximum Gasteiger partial charge on any atom is 0.157 e. The second-order valence-electron chi connectivity index (χ2n) is 4.09. The number of methoxy groups -OCH3 is 1. The van der Waals surface area contributed by atoms with Crippen LogP contribution < -0.4 is 5.32 Å². The minimum Gasteiger partial charge on any atom is -0.382 e. The van der Waals surface area contributed by atoms with Crippen LogP contribution in [-0.2, 0) is 9.47 Å². The van der Waals surface area contributed by atoms with Gasteiger partial charge in [-0.1, -0.05) is 11.8 Å². The third-order valence-corrected chi connectivity index (χ3v) is 3.31. The molecule has 0 aromatic rings. The Kier molecular flexibility index (Phi) is 5.42. The largest absolute Gasteiger partial charge is 0.382 e. The van der Waals surface area contributed by atoms with Gasteiger partial charge in [-0.3, -0.25) is 4.99 Å². The van der Waals surface area contributed by atoms with Gasteiger partial charge in [-0.25, -0.2) is 0 Å². The fraction of sp³-hybridized carbons (Fsp3) is 0.900. The molecule has 0 atom stereocenters. The summed E-state index contributed by atoms with van der Waals surface area (Å²) in [6.07, 6.45) is 0. The molecule has 1 heterocycles. The van der Waals surface area contributed by atoms with Crippen LogP contribution in [0.3, 0.4) is 0 Å². The van der Waals surface area contributed by atoms with Gasteiger partial charge in [-0.15, -0.1) is 0 Å². The van der Waals surface area contributed by atoms with Gasteiger partial charge in [-0.05, 0) is 13.8 Å². The molecule has 0 amide bonds. The van der Waals surface area contributed by atoms with Crippen LogP contribution in [0.5, 0.6) is 0 Å². The van der Waals surface area contributed by atoms with E-state index >= 15 is 0 Å². The van der Waals surface area contributed by atoms with E-state index in [2.05, 4.69) is 24.2 Å². The molecule has 0 bridgehead atoms. The molecule has 1 aliphatic rings. The highest BCUT2D eigenvalue weighted by Crippen LogP contribution is 2.21. The Hall–Kier alpha value is -0.260. The Morgan fingerprint density at radius 1 is 1.40 bits per heavy atom. The molecule has 0 unspecified atom stereocenters. The second-order valence-corrected chi connectivity index (χ2v) is 5.05. The Morgan fingerprint density at radius 3 is 2.80 bits per heavy atom. The van der Waals surface area contributed by atoms with Crippen molar-refractivity contribution in [2.45, 2.75) is 19.4 Å². The lowest BCUT2D eigenvalue weighted by atomic mass is 10.1. The van der Waals surface area contributed by atoms with E-state index in [1.165, 1.54) is 0 Å². The quantitative estimate of drug-likeness (QED) is 0.697. The summed E-state index contributed by atoms with van der Waals surface area (Å²) in [5.41, 5.74) is 0.181. The maximum absolute atomic E-state index is 5.32. The van der Waals surface area contributed by atoms with Crippen LogP contribution >= 0.6 is 11.8 Å². The minimum atomic E-state index is 0.181. The average Bonchev–Trinajstić information content (AvgIpc) is 2.52. The molecule has 4 nitrogen and oxygen atoms in total. The summed E-state index contributed by atoms with van der Waals surface area (Å²) >= 11 is 1.78. The van der Waals surface area contributed by atoms with E-state index < -0.39 is 0 Å². The minimum absolute atomic E-state index is 0.181. The summed E-state index contributed by atoms with van der Waals surface area (Å²) in [6.45, 7) is 7.03. The van der Waals surface area contributed by atoms with Crippen molar-refractivity contribution in [3.8, 4) is 0 Å². The average molecular weight is 232 g/mol. The van der Waals surface area contributed by atoms with Crippen molar-refractivity contribution in [1.29, 1.82) is 0 Å². The second kappa shape index (κ2) is 6.35. The molecular formula is C10H20N2O2S. The molecule has 0 aromatic carbocycles. The topological polar surface area (TPSA) is 42.9 Å². The van der Waals surface area contributed by atoms with Crippen molar-refractivity contribution in [2.24, 2.45) is 4.99 Å². The van der Waals surface area contributed by atoms with Crippen LogP contribution in [0.25, 0.3) is 0 Å². The van der Waals surface area contributed by atoms with E-state index in [1.807, 2.05) is 0 Å². The number of nitrogens with zero attached hydrogens (tertiary/aromatic N) is 1. The molecule has 88 valence electrons. The van der Waals surface area contributed by atoms with E-state index in [0.29, 0.717) is 19.8 Å². The first-order valence-corrected chi connectivity index (χ1v) is 6.15. The lowest BCUT2D eigenvalue weighted by Crippen LogP contribution is -2.37. The number of aliphatic imine (C=N–C) groups is 1. The highest BCUT2D eigenvalue weighted by Gasteiger charge is 2.26. The van der Waals surface area contributed by atoms with E-state index in [0.717, 1.165) is 17.5 Å². The highest BCUT2D eigenvalue weighted by molar-refractivity contribution is 8.14. The van der Waals surface area contributed by atoms with Crippen LogP contribution in [0.15, 0.2) is 4.99 Å². The Morgan fingerprint density at radius 2 is 2.20 bits per heavy atom. The van der Waals surface area contributed by atoms with Crippen molar-refractivity contribution in [3.63, 3.8) is 0 Å². The normalized spacial score (nSPS) is 21.9. The molecule has 1 aliphatic heterocycles. The summed E-state index contributed by atoms with van der Waals surface area (Å²) in [5.74, 6) is 1.08. The lowest BCUT2D eigenvalue weighted by molar-refractivity contribution is 0.0748. The van der Waals surface area contributed by atoms with Crippen LogP contribution in [0.1, 0.15) is 13.8 Å². The zero-order valence-corrected chi connectivity index (χ0v) is 10.5. The standard InChI is InChI=1S/C10H20N2O2S/c1-10(2)8-15-9(12-10)11-4-5-14-7-6-13-3/h4-8H2,1-3H3,(H,11,12). The molecule has 1 N–H and O–H groups in total. The first kappa shape index (κ1) is 12.8. The van der Waals surface area contributed by atoms with Crippen molar-refractivity contribution >= 4 is 16.9 Å². The van der Waals surface area contributed by atoms with Gasteiger partial charge in [0, 0.05) is 18.4 Å². The molecule has 0 aliphatic carbocycles. The molecule has 1 rings (SSSR count). The number of rotatable bonds is 6. The van der Waals surface area contributed by atoms with Gasteiger partial charge in [-0.2, -0.15) is 0 Å². The molecular weight excluding hydrogens is 212 g/mol. The van der Waals surface area contributed by atoms with Gasteiger partial charge in [0.2, 0.25) is 0 Å². The van der Waals surface area contributed by atoms with Gasteiger partial charge in [0.05, 0.1) is 26.4 Å². The Labute approximate surface area is 95.8 Å². The molecule has 0 spiro atoms. The monoisotopic (exact) mass is 232 g/mol. The summed E-state index contributed by atoms with van der Waals surface area (Å²) < 4.78 is 10.2. The van der Waals surface area contributed by atoms with Crippen LogP contribution in [0.4, 0.5) is 0 Å². The van der Waals surface area contributed by atoms with E-state index in [-0.39, 0.29) is 5.54 Å². The number of nitrogens with one attached hydrogen (secondary N) is 1. The zero-order valence-electron chi connectivity index (χ0n) is 9.71. The van der Waals surface area contributed by atoms with Gasteiger partial charge in [0.25, 0.3) is 0 Å². The predicted octanol–water partition coefficient (Wildman–Crippen LogP) is 1.12. The smallest absolute Gasteiger partial charge is 0.157 e. The van der Waals surface area contributed by atoms with Gasteiger partial charge < -0.3 is 14.8 Å². The molecule has 1 saturated heterocycles. The molecule has 5 heteroatoms. The van der Waals surface area contributed by atoms with Crippen LogP contribution in [-0.4, -0.2) is 49.9 Å². The van der Waals surface area contributed by atoms with E-state index in [1.54, 1.807) is 18.9 Å². The zero-order chi connectivity index (χ0) is 11.1. The maximum atomic E-state index is 5.32. The van der Waals surface area contributed by atoms with E-state index in [9.17, 15) is 0 Å². The molecule has 1 fully saturated rings. The van der Waals surface area contributed by atoms with Crippen molar-refractivity contribution in [3.05, 3.63) is 0 Å². The summed E-state index contributed by atoms with van der Waals surface area (Å²) in [7, 11) is 1.67. The Bertz CT molecular complexity index is 219. The van der Waals surface area contributed by atoms with Gasteiger partial charge in [0.15, 0.2) is 5.17 Å². The fourth-order valence-electron chi connectivity index (χ4n) is 1.15. The number of amidine groups is 1. The Balaban J connectivity index is 2.06. The first-order chi connectivity index (χ1) is 7.14. The summed E-state index contributed by atoms with van der Waals surface area (Å²) in [4.78, 5) is 4.42. The molecule has 15 heavy (non-hydrogen) atoms. The number of hydrogen-bond acceptors (Lipinski definition) is 4. The van der Waals surface area contributed by atoms with Gasteiger partial charge in [0.1, 0.15) is 0 Å². The van der Waals surface area contributed by atoms with Crippen LogP contribution in [0.2, 0.25) is 0 Å². The SMILES string of the molecule is COCCOCCN=C1NC(C)(C)CS1. The predicted molar refractivity (Wildman–Crippen MR) is 64.7 cm³/mol. The summed E-state index contributed by atoms with van der Waals surface area (Å²) in [5, 5.41) is 4.40. The fourth-order valence-corrected chi connectivity index (χ4v) is 2.25. The molecule has 0 radical (unpaired) electrons. The third kappa shape index (κ3) is 5.39. The van der Waals surface area contributed by atoms with Crippen molar-refractivity contribution < 1.29 is 9.47 Å². The number of ether oxygens (including phenoxy) is 2. The third-order valence-electron chi connectivity index (χ3n) is 1.94. The first-order valence-electron chi connectivity index (χ1n) is 5.16. The lowest BCUT2D eigenvalue weighted by Gasteiger charge is -2.15. The van der Waals surface area contributed by atoms with Crippen molar-refractivity contribution in [1.82, 2.24) is 5.32 Å². The van der Waals surface area contributed by atoms with Crippen LogP contribution in [0, 0.1) is 0 Å². The molecule has 0 saturated carbocycles. The van der Waals surface area contributed by atoms with Crippen molar-refractivity contribution in [2.75, 3.05) is 39.2 Å².